The molecule has 0 fully saturated rings. The highest BCUT2D eigenvalue weighted by Gasteiger charge is 2.23. The molecule has 0 amide bonds. The van der Waals surface area contributed by atoms with Gasteiger partial charge in [0.05, 0.1) is 17.0 Å². The molecule has 0 spiro atoms. The molecule has 1 N–H and O–H groups in total. The van der Waals surface area contributed by atoms with Crippen LogP contribution in [0.5, 0.6) is 0 Å². The van der Waals surface area contributed by atoms with Gasteiger partial charge in [-0.2, -0.15) is 0 Å². The smallest absolute Gasteiger partial charge is 0.335 e. The molecule has 0 unspecified atom stereocenters. The Morgan fingerprint density at radius 1 is 0.969 bits per heavy atom. The molecule has 1 aromatic heterocycles. The van der Waals surface area contributed by atoms with Crippen LogP contribution in [-0.4, -0.2) is 21.8 Å². The fraction of sp³-hybridized carbons (Fsp3) is 0.107. The normalized spacial score (nSPS) is 12.3. The Hall–Kier alpha value is -4.05. The van der Waals surface area contributed by atoms with Crippen LogP contribution < -0.4 is 0 Å². The van der Waals surface area contributed by atoms with Crippen LogP contribution in [0, 0.1) is 6.92 Å². The quantitative estimate of drug-likeness (QED) is 0.431. The van der Waals surface area contributed by atoms with Gasteiger partial charge in [0.25, 0.3) is 0 Å². The van der Waals surface area contributed by atoms with E-state index >= 15 is 0 Å². The maximum Gasteiger partial charge on any atom is 0.335 e. The van der Waals surface area contributed by atoms with Gasteiger partial charge in [-0.05, 0) is 76.6 Å². The first-order valence-electron chi connectivity index (χ1n) is 10.6. The van der Waals surface area contributed by atoms with Gasteiger partial charge in [0.2, 0.25) is 0 Å². The number of hydrogen-bond donors (Lipinski definition) is 1. The van der Waals surface area contributed by atoms with Crippen LogP contribution in [0.1, 0.15) is 38.2 Å². The van der Waals surface area contributed by atoms with Gasteiger partial charge in [-0.1, -0.05) is 48.5 Å². The van der Waals surface area contributed by atoms with E-state index in [1.165, 1.54) is 33.4 Å². The number of carboxylic acid groups (broad SMARTS) is 1. The third kappa shape index (κ3) is 3.71. The maximum absolute atomic E-state index is 11.2. The molecule has 1 aliphatic heterocycles. The largest absolute Gasteiger partial charge is 0.478 e. The number of hydrogen-bond acceptors (Lipinski definition) is 3. The summed E-state index contributed by atoms with van der Waals surface area (Å²) in [5.41, 5.74) is 10.5. The molecule has 0 saturated heterocycles. The summed E-state index contributed by atoms with van der Waals surface area (Å²) in [5, 5.41) is 9.18. The van der Waals surface area contributed by atoms with E-state index in [9.17, 15) is 9.90 Å². The highest BCUT2D eigenvalue weighted by molar-refractivity contribution is 6.07. The van der Waals surface area contributed by atoms with Crippen molar-refractivity contribution >= 4 is 17.4 Å². The summed E-state index contributed by atoms with van der Waals surface area (Å²) in [5.74, 6) is -0.920. The van der Waals surface area contributed by atoms with Crippen molar-refractivity contribution in [3.8, 4) is 11.1 Å². The van der Waals surface area contributed by atoms with Crippen LogP contribution >= 0.6 is 0 Å². The number of benzene rings is 3. The van der Waals surface area contributed by atoms with Crippen molar-refractivity contribution in [1.82, 2.24) is 4.98 Å². The minimum absolute atomic E-state index is 0.283. The molecule has 4 aromatic rings. The van der Waals surface area contributed by atoms with Crippen LogP contribution in [0.25, 0.3) is 11.1 Å². The predicted molar refractivity (Wildman–Crippen MR) is 127 cm³/mol. The lowest BCUT2D eigenvalue weighted by molar-refractivity contribution is 0.0697. The molecule has 3 aromatic carbocycles. The molecule has 4 heteroatoms. The average Bonchev–Trinajstić information content (AvgIpc) is 3.27. The number of pyridine rings is 1. The molecule has 5 rings (SSSR count). The fourth-order valence-corrected chi connectivity index (χ4v) is 4.34. The van der Waals surface area contributed by atoms with Crippen LogP contribution in [0.15, 0.2) is 90.2 Å². The Morgan fingerprint density at radius 3 is 2.44 bits per heavy atom. The van der Waals surface area contributed by atoms with Crippen molar-refractivity contribution in [1.29, 1.82) is 0 Å². The lowest BCUT2D eigenvalue weighted by Crippen LogP contribution is -2.04. The third-order valence-corrected chi connectivity index (χ3v) is 6.07. The van der Waals surface area contributed by atoms with Crippen molar-refractivity contribution in [2.45, 2.75) is 19.8 Å². The highest BCUT2D eigenvalue weighted by Crippen LogP contribution is 2.40. The van der Waals surface area contributed by atoms with E-state index in [4.69, 9.17) is 4.99 Å². The monoisotopic (exact) mass is 418 g/mol. The zero-order valence-electron chi connectivity index (χ0n) is 17.7. The second kappa shape index (κ2) is 8.23. The first-order chi connectivity index (χ1) is 15.6. The summed E-state index contributed by atoms with van der Waals surface area (Å²) in [7, 11) is 0. The van der Waals surface area contributed by atoms with E-state index in [2.05, 4.69) is 48.3 Å². The van der Waals surface area contributed by atoms with Crippen molar-refractivity contribution in [3.05, 3.63) is 119 Å². The summed E-state index contributed by atoms with van der Waals surface area (Å²) in [6, 6.07) is 23.7. The molecular weight excluding hydrogens is 396 g/mol. The molecule has 0 bridgehead atoms. The van der Waals surface area contributed by atoms with E-state index < -0.39 is 5.97 Å². The van der Waals surface area contributed by atoms with Crippen molar-refractivity contribution in [3.63, 3.8) is 0 Å². The minimum atomic E-state index is -0.920. The molecule has 156 valence electrons. The maximum atomic E-state index is 11.2. The number of rotatable bonds is 5. The standard InChI is InChI=1S/C28H22N2O2/c1-18-23(14-19-6-5-13-29-17-19)25(20-7-3-2-4-8-20)16-27-24(18)15-26(30-27)21-9-11-22(12-10-21)28(31)32/h2-13,16-17H,14-15H2,1H3,(H,31,32). The van der Waals surface area contributed by atoms with E-state index in [0.29, 0.717) is 0 Å². The Bertz CT molecular complexity index is 1330. The second-order valence-electron chi connectivity index (χ2n) is 8.05. The van der Waals surface area contributed by atoms with Gasteiger partial charge in [-0.25, -0.2) is 4.79 Å². The molecule has 0 saturated carbocycles. The van der Waals surface area contributed by atoms with Gasteiger partial charge in [-0.3, -0.25) is 9.98 Å². The topological polar surface area (TPSA) is 62.5 Å². The predicted octanol–water partition coefficient (Wildman–Crippen LogP) is 6.02. The third-order valence-electron chi connectivity index (χ3n) is 6.07. The summed E-state index contributed by atoms with van der Waals surface area (Å²) in [6.45, 7) is 2.18. The van der Waals surface area contributed by atoms with Gasteiger partial charge < -0.3 is 5.11 Å². The molecule has 4 nitrogen and oxygen atoms in total. The minimum Gasteiger partial charge on any atom is -0.478 e. The van der Waals surface area contributed by atoms with Gasteiger partial charge in [0.15, 0.2) is 0 Å². The second-order valence-corrected chi connectivity index (χ2v) is 8.05. The first kappa shape index (κ1) is 19.9. The number of fused-ring (bicyclic) bond motifs is 1. The highest BCUT2D eigenvalue weighted by atomic mass is 16.4. The first-order valence-corrected chi connectivity index (χ1v) is 10.6. The lowest BCUT2D eigenvalue weighted by atomic mass is 9.87. The lowest BCUT2D eigenvalue weighted by Gasteiger charge is -2.17. The van der Waals surface area contributed by atoms with Crippen molar-refractivity contribution < 1.29 is 9.90 Å². The van der Waals surface area contributed by atoms with Crippen LogP contribution in [0.3, 0.4) is 0 Å². The zero-order valence-corrected chi connectivity index (χ0v) is 17.7. The number of nitrogens with zero attached hydrogens (tertiary/aromatic N) is 2. The molecule has 0 atom stereocenters. The van der Waals surface area contributed by atoms with Crippen molar-refractivity contribution in [2.24, 2.45) is 4.99 Å². The molecule has 1 aliphatic rings. The number of aliphatic imine (C=N–C) groups is 1. The fourth-order valence-electron chi connectivity index (χ4n) is 4.34. The zero-order chi connectivity index (χ0) is 22.1. The number of aromatic nitrogens is 1. The van der Waals surface area contributed by atoms with Crippen LogP contribution in [-0.2, 0) is 12.8 Å². The van der Waals surface area contributed by atoms with E-state index in [1.807, 2.05) is 30.5 Å². The van der Waals surface area contributed by atoms with E-state index in [0.717, 1.165) is 29.8 Å². The number of aromatic carboxylic acids is 1. The van der Waals surface area contributed by atoms with Gasteiger partial charge >= 0.3 is 5.97 Å². The van der Waals surface area contributed by atoms with Crippen LogP contribution in [0.4, 0.5) is 5.69 Å². The van der Waals surface area contributed by atoms with Gasteiger partial charge in [-0.15, -0.1) is 0 Å². The van der Waals surface area contributed by atoms with Crippen molar-refractivity contribution in [2.75, 3.05) is 0 Å². The Labute approximate surface area is 186 Å². The van der Waals surface area contributed by atoms with Crippen LogP contribution in [0.2, 0.25) is 0 Å². The Balaban J connectivity index is 1.59. The summed E-state index contributed by atoms with van der Waals surface area (Å²) in [6.07, 6.45) is 5.27. The summed E-state index contributed by atoms with van der Waals surface area (Å²) in [4.78, 5) is 20.4. The molecule has 32 heavy (non-hydrogen) atoms. The average molecular weight is 418 g/mol. The van der Waals surface area contributed by atoms with Gasteiger partial charge in [0.1, 0.15) is 0 Å². The van der Waals surface area contributed by atoms with Gasteiger partial charge in [0, 0.05) is 18.8 Å². The number of carboxylic acids is 1. The Morgan fingerprint density at radius 2 is 1.75 bits per heavy atom. The summed E-state index contributed by atoms with van der Waals surface area (Å²) < 4.78 is 0. The summed E-state index contributed by atoms with van der Waals surface area (Å²) >= 11 is 0. The van der Waals surface area contributed by atoms with E-state index in [-0.39, 0.29) is 5.56 Å². The SMILES string of the molecule is Cc1c2c(cc(-c3ccccc3)c1Cc1cccnc1)N=C(c1ccc(C(=O)O)cc1)C2. The molecule has 0 aliphatic carbocycles. The molecule has 2 heterocycles. The number of carbonyl (C=O) groups is 1. The van der Waals surface area contributed by atoms with E-state index in [1.54, 1.807) is 18.3 Å². The Kier molecular flexibility index (Phi) is 5.12. The molecule has 0 radical (unpaired) electrons. The molecular formula is C28H22N2O2.